The molecular formula is C23H37N3O4S. The molecule has 2 aliphatic carbocycles. The summed E-state index contributed by atoms with van der Waals surface area (Å²) in [4.78, 5) is 40.6. The Morgan fingerprint density at radius 2 is 2.00 bits per heavy atom. The van der Waals surface area contributed by atoms with E-state index in [2.05, 4.69) is 22.0 Å². The highest BCUT2D eigenvalue weighted by Crippen LogP contribution is 2.41. The average Bonchev–Trinajstić information content (AvgIpc) is 3.55. The second-order valence-corrected chi connectivity index (χ2v) is 11.5. The molecule has 1 aliphatic heterocycles. The van der Waals surface area contributed by atoms with Crippen LogP contribution in [0.5, 0.6) is 0 Å². The topological polar surface area (TPSA) is 95.6 Å². The van der Waals surface area contributed by atoms with Crippen LogP contribution in [0, 0.1) is 5.92 Å². The molecule has 4 amide bonds. The van der Waals surface area contributed by atoms with Crippen LogP contribution in [0.3, 0.4) is 0 Å². The van der Waals surface area contributed by atoms with Crippen LogP contribution in [0.2, 0.25) is 0 Å². The zero-order chi connectivity index (χ0) is 22.5. The van der Waals surface area contributed by atoms with Gasteiger partial charge < -0.3 is 5.32 Å². The van der Waals surface area contributed by atoms with Gasteiger partial charge in [0.05, 0.1) is 9.71 Å². The summed E-state index contributed by atoms with van der Waals surface area (Å²) in [6.07, 6.45) is 13.5. The Balaban J connectivity index is 1.86. The number of unbranched alkanes of at least 4 members (excludes halogenated alkanes) is 1. The minimum absolute atomic E-state index is 0.0845. The number of nitrogens with zero attached hydrogens (tertiary/aromatic N) is 1. The molecular weight excluding hydrogens is 414 g/mol. The third-order valence-corrected chi connectivity index (χ3v) is 8.79. The van der Waals surface area contributed by atoms with Crippen LogP contribution in [0.15, 0.2) is 12.2 Å². The molecule has 2 N–H and O–H groups in total. The van der Waals surface area contributed by atoms with Crippen molar-refractivity contribution >= 4 is 33.4 Å². The quantitative estimate of drug-likeness (QED) is 0.478. The monoisotopic (exact) mass is 451 g/mol. The summed E-state index contributed by atoms with van der Waals surface area (Å²) in [6, 6.07) is -0.522. The number of amides is 4. The van der Waals surface area contributed by atoms with Gasteiger partial charge in [-0.2, -0.15) is 0 Å². The first-order chi connectivity index (χ1) is 14.8. The van der Waals surface area contributed by atoms with Crippen LogP contribution < -0.4 is 10.0 Å². The number of imide groups is 1. The van der Waals surface area contributed by atoms with E-state index in [0.29, 0.717) is 19.4 Å². The fourth-order valence-corrected chi connectivity index (χ4v) is 5.90. The van der Waals surface area contributed by atoms with Crippen LogP contribution in [-0.4, -0.2) is 50.2 Å². The number of carbonyl (C=O) groups is 3. The molecule has 3 aliphatic rings. The first-order valence-electron chi connectivity index (χ1n) is 11.8. The Bertz CT molecular complexity index is 819. The number of rotatable bonds is 6. The molecule has 7 nitrogen and oxygen atoms in total. The van der Waals surface area contributed by atoms with Crippen molar-refractivity contribution in [2.45, 2.75) is 94.8 Å². The summed E-state index contributed by atoms with van der Waals surface area (Å²) in [5, 5.41) is 2.82. The van der Waals surface area contributed by atoms with Gasteiger partial charge in [0.2, 0.25) is 5.91 Å². The molecule has 2 saturated carbocycles. The van der Waals surface area contributed by atoms with Crippen LogP contribution in [0.1, 0.15) is 84.0 Å². The standard InChI is InChI=1S/C23H37N3O4S/c1-3-4-17-26-20(27)12-10-8-6-5-7-9-11-18-15-16-23(18,24-22(26)29)21(28)25-31(2,30)19-13-14-19/h9,11,18-19H,2-8,10,12-17H2,1H3,(H,24,29)(H,25,28,30)/b11-9-. The van der Waals surface area contributed by atoms with E-state index in [4.69, 9.17) is 0 Å². The third-order valence-electron chi connectivity index (χ3n) is 6.71. The van der Waals surface area contributed by atoms with E-state index in [1.54, 1.807) is 0 Å². The molecule has 0 saturated heterocycles. The van der Waals surface area contributed by atoms with Crippen LogP contribution in [0.25, 0.3) is 0 Å². The van der Waals surface area contributed by atoms with Crippen molar-refractivity contribution in [1.29, 1.82) is 0 Å². The highest BCUT2D eigenvalue weighted by Gasteiger charge is 2.54. The van der Waals surface area contributed by atoms with E-state index in [-0.39, 0.29) is 17.1 Å². The molecule has 2 fully saturated rings. The van der Waals surface area contributed by atoms with Gasteiger partial charge in [-0.25, -0.2) is 9.00 Å². The smallest absolute Gasteiger partial charge is 0.322 e. The van der Waals surface area contributed by atoms with Crippen molar-refractivity contribution in [3.8, 4) is 0 Å². The first-order valence-corrected chi connectivity index (χ1v) is 13.6. The fraction of sp³-hybridized carbons (Fsp3) is 0.739. The molecule has 0 aromatic rings. The molecule has 3 unspecified atom stereocenters. The maximum absolute atomic E-state index is 13.3. The molecule has 3 rings (SSSR count). The molecule has 8 heteroatoms. The van der Waals surface area contributed by atoms with Gasteiger partial charge >= 0.3 is 6.03 Å². The fourth-order valence-electron chi connectivity index (χ4n) is 4.34. The predicted molar refractivity (Wildman–Crippen MR) is 124 cm³/mol. The summed E-state index contributed by atoms with van der Waals surface area (Å²) in [5.74, 6) is 2.94. The van der Waals surface area contributed by atoms with Gasteiger partial charge in [-0.3, -0.25) is 19.2 Å². The summed E-state index contributed by atoms with van der Waals surface area (Å²) >= 11 is 0. The molecule has 1 heterocycles. The molecule has 174 valence electrons. The Labute approximate surface area is 186 Å². The van der Waals surface area contributed by atoms with Gasteiger partial charge in [0, 0.05) is 24.1 Å². The van der Waals surface area contributed by atoms with E-state index in [0.717, 1.165) is 64.2 Å². The van der Waals surface area contributed by atoms with Gasteiger partial charge in [-0.05, 0) is 57.2 Å². The van der Waals surface area contributed by atoms with Crippen molar-refractivity contribution in [1.82, 2.24) is 14.9 Å². The van der Waals surface area contributed by atoms with Gasteiger partial charge in [0.1, 0.15) is 5.54 Å². The SMILES string of the molecule is C=S(=O)(NC(=O)C12CCC1/C=C\CCCCCCC(=O)N(CCCC)C(=O)N2)C1CC1. The largest absolute Gasteiger partial charge is 0.324 e. The van der Waals surface area contributed by atoms with E-state index in [1.807, 2.05) is 13.0 Å². The lowest BCUT2D eigenvalue weighted by Gasteiger charge is -2.48. The maximum atomic E-state index is 13.3. The normalized spacial score (nSPS) is 30.7. The molecule has 3 atom stereocenters. The zero-order valence-electron chi connectivity index (χ0n) is 18.7. The molecule has 31 heavy (non-hydrogen) atoms. The van der Waals surface area contributed by atoms with Crippen molar-refractivity contribution in [2.75, 3.05) is 6.54 Å². The van der Waals surface area contributed by atoms with Crippen molar-refractivity contribution in [3.63, 3.8) is 0 Å². The number of hydrogen-bond acceptors (Lipinski definition) is 4. The van der Waals surface area contributed by atoms with Crippen LogP contribution in [-0.2, 0) is 19.3 Å². The van der Waals surface area contributed by atoms with Crippen molar-refractivity contribution in [3.05, 3.63) is 12.2 Å². The Morgan fingerprint density at radius 1 is 1.26 bits per heavy atom. The Hall–Kier alpha value is -1.83. The summed E-state index contributed by atoms with van der Waals surface area (Å²) in [6.45, 7) is 2.35. The molecule has 0 bridgehead atoms. The second-order valence-electron chi connectivity index (χ2n) is 9.18. The zero-order valence-corrected chi connectivity index (χ0v) is 19.5. The van der Waals surface area contributed by atoms with Crippen LogP contribution in [0.4, 0.5) is 4.79 Å². The average molecular weight is 452 g/mol. The minimum atomic E-state index is -2.74. The van der Waals surface area contributed by atoms with E-state index < -0.39 is 27.2 Å². The lowest BCUT2D eigenvalue weighted by atomic mass is 9.65. The lowest BCUT2D eigenvalue weighted by molar-refractivity contribution is -0.133. The number of urea groups is 1. The molecule has 0 aromatic heterocycles. The predicted octanol–water partition coefficient (Wildman–Crippen LogP) is 3.29. The van der Waals surface area contributed by atoms with E-state index in [1.165, 1.54) is 4.90 Å². The van der Waals surface area contributed by atoms with Crippen molar-refractivity contribution < 1.29 is 18.6 Å². The Morgan fingerprint density at radius 3 is 2.65 bits per heavy atom. The van der Waals surface area contributed by atoms with E-state index >= 15 is 0 Å². The van der Waals surface area contributed by atoms with E-state index in [9.17, 15) is 18.6 Å². The van der Waals surface area contributed by atoms with Gasteiger partial charge in [0.15, 0.2) is 0 Å². The van der Waals surface area contributed by atoms with Crippen LogP contribution >= 0.6 is 0 Å². The first kappa shape index (κ1) is 23.8. The summed E-state index contributed by atoms with van der Waals surface area (Å²) in [5.41, 5.74) is -1.18. The number of allylic oxidation sites excluding steroid dienone is 1. The Kier molecular flexibility index (Phi) is 7.83. The number of fused-ring (bicyclic) bond motifs is 1. The van der Waals surface area contributed by atoms with Crippen molar-refractivity contribution in [2.24, 2.45) is 5.92 Å². The number of hydrogen-bond donors (Lipinski definition) is 2. The number of carbonyl (C=O) groups excluding carboxylic acids is 3. The summed E-state index contributed by atoms with van der Waals surface area (Å²) < 4.78 is 15.5. The number of nitrogens with one attached hydrogen (secondary N) is 2. The lowest BCUT2D eigenvalue weighted by Crippen LogP contribution is -2.70. The highest BCUT2D eigenvalue weighted by atomic mass is 32.2. The third kappa shape index (κ3) is 5.70. The second kappa shape index (κ2) is 10.2. The van der Waals surface area contributed by atoms with Gasteiger partial charge in [0.25, 0.3) is 5.91 Å². The molecule has 0 spiro atoms. The highest BCUT2D eigenvalue weighted by molar-refractivity contribution is 7.99. The van der Waals surface area contributed by atoms with Gasteiger partial charge in [-0.15, -0.1) is 0 Å². The maximum Gasteiger partial charge on any atom is 0.324 e. The molecule has 0 aromatic carbocycles. The molecule has 0 radical (unpaired) electrons. The van der Waals surface area contributed by atoms with Gasteiger partial charge in [-0.1, -0.05) is 38.3 Å². The summed E-state index contributed by atoms with van der Waals surface area (Å²) in [7, 11) is -2.74. The minimum Gasteiger partial charge on any atom is -0.322 e.